The number of nitrogens with one attached hydrogen (secondary N) is 1. The van der Waals surface area contributed by atoms with Gasteiger partial charge in [0.2, 0.25) is 15.4 Å². The average molecular weight is 409 g/mol. The number of sulfone groups is 1. The molecule has 26 heavy (non-hydrogen) atoms. The minimum Gasteiger partial charge on any atom is -0.373 e. The number of benzene rings is 1. The fourth-order valence-electron chi connectivity index (χ4n) is 1.78. The molecule has 1 aromatic carbocycles. The number of aromatic nitrogens is 1. The molecule has 0 aliphatic heterocycles. The molecule has 0 saturated heterocycles. The van der Waals surface area contributed by atoms with Crippen LogP contribution in [-0.2, 0) is 14.6 Å². The van der Waals surface area contributed by atoms with Crippen molar-refractivity contribution in [1.29, 1.82) is 0 Å². The fraction of sp³-hybridized carbons (Fsp3) is 0.200. The summed E-state index contributed by atoms with van der Waals surface area (Å²) in [5.74, 6) is -1.75. The van der Waals surface area contributed by atoms with Crippen molar-refractivity contribution in [2.24, 2.45) is 0 Å². The predicted molar refractivity (Wildman–Crippen MR) is 86.4 cm³/mol. The molecular formula is C15H12ClF3N2O4S. The highest BCUT2D eigenvalue weighted by atomic mass is 35.5. The maximum Gasteiger partial charge on any atom is 0.426 e. The Labute approximate surface area is 151 Å². The number of anilines is 1. The molecular weight excluding hydrogens is 397 g/mol. The summed E-state index contributed by atoms with van der Waals surface area (Å²) in [7, 11) is -3.95. The van der Waals surface area contributed by atoms with Gasteiger partial charge in [-0.3, -0.25) is 9.78 Å². The van der Waals surface area contributed by atoms with Crippen LogP contribution in [0.2, 0.25) is 5.02 Å². The van der Waals surface area contributed by atoms with Crippen LogP contribution in [0.3, 0.4) is 0 Å². The molecule has 1 amide bonds. The number of amides is 1. The SMILES string of the molecule is C[C@@](O)(C(=O)Nc1ccc(S(=O)(=O)c2cccnc2)cc1Cl)C(F)(F)F. The molecule has 1 atom stereocenters. The minimum absolute atomic E-state index is 0.104. The van der Waals surface area contributed by atoms with Gasteiger partial charge in [0.05, 0.1) is 20.5 Å². The van der Waals surface area contributed by atoms with E-state index in [1.807, 2.05) is 5.32 Å². The predicted octanol–water partition coefficient (Wildman–Crippen LogP) is 2.82. The van der Waals surface area contributed by atoms with E-state index >= 15 is 0 Å². The van der Waals surface area contributed by atoms with E-state index in [9.17, 15) is 31.5 Å². The molecule has 140 valence electrons. The van der Waals surface area contributed by atoms with E-state index < -0.39 is 27.5 Å². The molecule has 0 aliphatic rings. The molecule has 2 rings (SSSR count). The molecule has 0 spiro atoms. The number of carbonyl (C=O) groups is 1. The second kappa shape index (κ2) is 6.86. The number of halogens is 4. The van der Waals surface area contributed by atoms with Gasteiger partial charge in [0, 0.05) is 12.4 Å². The van der Waals surface area contributed by atoms with Crippen LogP contribution in [0.1, 0.15) is 6.92 Å². The van der Waals surface area contributed by atoms with E-state index in [1.165, 1.54) is 18.3 Å². The smallest absolute Gasteiger partial charge is 0.373 e. The first-order valence-electron chi connectivity index (χ1n) is 6.92. The van der Waals surface area contributed by atoms with Crippen LogP contribution < -0.4 is 5.32 Å². The van der Waals surface area contributed by atoms with Crippen LogP contribution in [0.4, 0.5) is 18.9 Å². The van der Waals surface area contributed by atoms with Crippen molar-refractivity contribution in [2.45, 2.75) is 28.5 Å². The van der Waals surface area contributed by atoms with E-state index in [0.717, 1.165) is 24.4 Å². The summed E-state index contributed by atoms with van der Waals surface area (Å²) in [5.41, 5.74) is -3.93. The van der Waals surface area contributed by atoms with Crippen LogP contribution in [0.5, 0.6) is 0 Å². The number of nitrogens with zero attached hydrogens (tertiary/aromatic N) is 1. The molecule has 2 aromatic rings. The summed E-state index contributed by atoms with van der Waals surface area (Å²) in [4.78, 5) is 15.0. The number of aliphatic hydroxyl groups is 1. The van der Waals surface area contributed by atoms with E-state index in [-0.39, 0.29) is 27.4 Å². The first kappa shape index (κ1) is 20.1. The van der Waals surface area contributed by atoms with Crippen molar-refractivity contribution >= 4 is 33.0 Å². The van der Waals surface area contributed by atoms with Gasteiger partial charge in [-0.15, -0.1) is 0 Å². The quantitative estimate of drug-likeness (QED) is 0.811. The van der Waals surface area contributed by atoms with E-state index in [0.29, 0.717) is 0 Å². The second-order valence-electron chi connectivity index (χ2n) is 5.36. The van der Waals surface area contributed by atoms with E-state index in [1.54, 1.807) is 0 Å². The van der Waals surface area contributed by atoms with Crippen molar-refractivity contribution < 1.29 is 31.5 Å². The molecule has 0 radical (unpaired) electrons. The summed E-state index contributed by atoms with van der Waals surface area (Å²) >= 11 is 5.87. The Morgan fingerprint density at radius 1 is 1.23 bits per heavy atom. The number of carbonyl (C=O) groups excluding carboxylic acids is 1. The minimum atomic E-state index is -5.20. The van der Waals surface area contributed by atoms with Crippen LogP contribution in [0, 0.1) is 0 Å². The summed E-state index contributed by atoms with van der Waals surface area (Å²) in [6.45, 7) is 0.289. The first-order chi connectivity index (χ1) is 11.9. The van der Waals surface area contributed by atoms with E-state index in [2.05, 4.69) is 4.98 Å². The molecule has 0 aliphatic carbocycles. The molecule has 0 unspecified atom stereocenters. The lowest BCUT2D eigenvalue weighted by Gasteiger charge is -2.25. The monoisotopic (exact) mass is 408 g/mol. The molecule has 0 fully saturated rings. The van der Waals surface area contributed by atoms with Crippen molar-refractivity contribution in [3.63, 3.8) is 0 Å². The third-order valence-electron chi connectivity index (χ3n) is 3.44. The van der Waals surface area contributed by atoms with Gasteiger partial charge in [-0.1, -0.05) is 11.6 Å². The molecule has 1 heterocycles. The first-order valence-corrected chi connectivity index (χ1v) is 8.78. The topological polar surface area (TPSA) is 96.4 Å². The maximum absolute atomic E-state index is 12.7. The Morgan fingerprint density at radius 3 is 2.38 bits per heavy atom. The normalized spacial score (nSPS) is 14.5. The zero-order valence-electron chi connectivity index (χ0n) is 13.1. The summed E-state index contributed by atoms with van der Waals surface area (Å²) in [6, 6.07) is 5.79. The second-order valence-corrected chi connectivity index (χ2v) is 7.71. The summed E-state index contributed by atoms with van der Waals surface area (Å²) in [5, 5.41) is 10.8. The van der Waals surface area contributed by atoms with Gasteiger partial charge in [-0.25, -0.2) is 8.42 Å². The lowest BCUT2D eigenvalue weighted by molar-refractivity contribution is -0.242. The number of rotatable bonds is 4. The molecule has 6 nitrogen and oxygen atoms in total. The Kier molecular flexibility index (Phi) is 5.31. The van der Waals surface area contributed by atoms with Crippen LogP contribution in [-0.4, -0.2) is 36.2 Å². The Bertz CT molecular complexity index is 932. The average Bonchev–Trinajstić information content (AvgIpc) is 2.56. The summed E-state index contributed by atoms with van der Waals surface area (Å²) in [6.07, 6.45) is -2.69. The van der Waals surface area contributed by atoms with Gasteiger partial charge >= 0.3 is 6.18 Å². The third-order valence-corrected chi connectivity index (χ3v) is 5.49. The standard InChI is InChI=1S/C15H12ClF3N2O4S/c1-14(23,15(17,18)19)13(22)21-12-5-4-9(7-11(12)16)26(24,25)10-3-2-6-20-8-10/h2-8,23H,1H3,(H,21,22)/t14-/m1/s1. The summed E-state index contributed by atoms with van der Waals surface area (Å²) < 4.78 is 62.9. The lowest BCUT2D eigenvalue weighted by Crippen LogP contribution is -2.52. The van der Waals surface area contributed by atoms with Crippen LogP contribution >= 0.6 is 11.6 Å². The Balaban J connectivity index is 2.33. The van der Waals surface area contributed by atoms with Gasteiger partial charge in [-0.05, 0) is 37.3 Å². The number of hydrogen-bond donors (Lipinski definition) is 2. The number of alkyl halides is 3. The van der Waals surface area contributed by atoms with Gasteiger partial charge in [0.1, 0.15) is 0 Å². The van der Waals surface area contributed by atoms with Gasteiger partial charge in [0.25, 0.3) is 5.91 Å². The molecule has 0 saturated carbocycles. The maximum atomic E-state index is 12.7. The number of hydrogen-bond acceptors (Lipinski definition) is 5. The van der Waals surface area contributed by atoms with Gasteiger partial charge in [-0.2, -0.15) is 13.2 Å². The van der Waals surface area contributed by atoms with E-state index in [4.69, 9.17) is 11.6 Å². The molecule has 2 N–H and O–H groups in total. The van der Waals surface area contributed by atoms with Crippen molar-refractivity contribution in [1.82, 2.24) is 4.98 Å². The molecule has 0 bridgehead atoms. The van der Waals surface area contributed by atoms with Crippen LogP contribution in [0.15, 0.2) is 52.5 Å². The van der Waals surface area contributed by atoms with Crippen molar-refractivity contribution in [2.75, 3.05) is 5.32 Å². The largest absolute Gasteiger partial charge is 0.426 e. The zero-order chi connectivity index (χ0) is 19.8. The highest BCUT2D eigenvalue weighted by Crippen LogP contribution is 2.33. The highest BCUT2D eigenvalue weighted by Gasteiger charge is 2.55. The Hall–Kier alpha value is -2.17. The van der Waals surface area contributed by atoms with Gasteiger partial charge < -0.3 is 10.4 Å². The van der Waals surface area contributed by atoms with Crippen molar-refractivity contribution in [3.05, 3.63) is 47.7 Å². The fourth-order valence-corrected chi connectivity index (χ4v) is 3.32. The van der Waals surface area contributed by atoms with Crippen molar-refractivity contribution in [3.8, 4) is 0 Å². The highest BCUT2D eigenvalue weighted by molar-refractivity contribution is 7.91. The lowest BCUT2D eigenvalue weighted by atomic mass is 10.1. The van der Waals surface area contributed by atoms with Gasteiger partial charge in [0.15, 0.2) is 0 Å². The number of pyridine rings is 1. The Morgan fingerprint density at radius 2 is 1.88 bits per heavy atom. The zero-order valence-corrected chi connectivity index (χ0v) is 14.7. The van der Waals surface area contributed by atoms with Crippen LogP contribution in [0.25, 0.3) is 0 Å². The molecule has 1 aromatic heterocycles. The molecule has 11 heteroatoms. The third kappa shape index (κ3) is 3.81.